The first kappa shape index (κ1) is 22.5. The highest BCUT2D eigenvalue weighted by molar-refractivity contribution is 6.33. The Morgan fingerprint density at radius 1 is 1.21 bits per heavy atom. The van der Waals surface area contributed by atoms with Gasteiger partial charge in [-0.25, -0.2) is 9.37 Å². The molecule has 2 aromatic heterocycles. The van der Waals surface area contributed by atoms with Crippen LogP contribution in [0.25, 0.3) is 11.1 Å². The number of anilines is 2. The smallest absolute Gasteiger partial charge is 0.244 e. The molecule has 0 bridgehead atoms. The molecule has 0 saturated carbocycles. The third kappa shape index (κ3) is 4.34. The summed E-state index contributed by atoms with van der Waals surface area (Å²) in [6.45, 7) is 4.51. The van der Waals surface area contributed by atoms with Crippen molar-refractivity contribution in [1.82, 2.24) is 9.97 Å². The van der Waals surface area contributed by atoms with E-state index in [1.54, 1.807) is 44.2 Å². The fourth-order valence-electron chi connectivity index (χ4n) is 3.84. The lowest BCUT2D eigenvalue weighted by Crippen LogP contribution is -2.40. The van der Waals surface area contributed by atoms with Gasteiger partial charge in [-0.2, -0.15) is 0 Å². The van der Waals surface area contributed by atoms with Gasteiger partial charge in [-0.1, -0.05) is 11.6 Å². The van der Waals surface area contributed by atoms with Crippen LogP contribution in [0, 0.1) is 12.7 Å². The maximum atomic E-state index is 14.1. The van der Waals surface area contributed by atoms with Crippen LogP contribution in [-0.4, -0.2) is 34.1 Å². The van der Waals surface area contributed by atoms with E-state index in [2.05, 4.69) is 15.3 Å². The van der Waals surface area contributed by atoms with Crippen LogP contribution in [-0.2, 0) is 9.59 Å². The van der Waals surface area contributed by atoms with Crippen LogP contribution >= 0.6 is 11.6 Å². The number of halogens is 2. The summed E-state index contributed by atoms with van der Waals surface area (Å²) in [5.41, 5.74) is 2.98. The third-order valence-electron chi connectivity index (χ3n) is 5.45. The first-order valence-corrected chi connectivity index (χ1v) is 10.6. The Kier molecular flexibility index (Phi) is 5.95. The SMILES string of the molecule is CC(=O)c1ccc(NC(=O)CN2C(=O)[C@H](C)c3ncc(F)cc3-c3c2cc(C)nc3Cl)cc1. The number of amides is 2. The molecule has 4 rings (SSSR count). The predicted molar refractivity (Wildman–Crippen MR) is 123 cm³/mol. The van der Waals surface area contributed by atoms with Crippen LogP contribution in [0.3, 0.4) is 0 Å². The molecule has 0 fully saturated rings. The van der Waals surface area contributed by atoms with Crippen LogP contribution in [0.4, 0.5) is 15.8 Å². The fraction of sp³-hybridized carbons (Fsp3) is 0.208. The zero-order chi connectivity index (χ0) is 23.9. The number of aromatic nitrogens is 2. The van der Waals surface area contributed by atoms with Gasteiger partial charge in [0.1, 0.15) is 17.5 Å². The number of aryl methyl sites for hydroxylation is 1. The highest BCUT2D eigenvalue weighted by Crippen LogP contribution is 2.43. The van der Waals surface area contributed by atoms with E-state index >= 15 is 0 Å². The van der Waals surface area contributed by atoms with E-state index in [4.69, 9.17) is 11.6 Å². The minimum absolute atomic E-state index is 0.0842. The van der Waals surface area contributed by atoms with Crippen molar-refractivity contribution >= 4 is 40.6 Å². The number of Topliss-reactive ketones (excluding diaryl/α,β-unsaturated/α-hetero) is 1. The largest absolute Gasteiger partial charge is 0.325 e. The Morgan fingerprint density at radius 2 is 1.91 bits per heavy atom. The quantitative estimate of drug-likeness (QED) is 0.450. The van der Waals surface area contributed by atoms with Gasteiger partial charge < -0.3 is 10.2 Å². The Hall–Kier alpha value is -3.65. The number of hydrogen-bond donors (Lipinski definition) is 1. The van der Waals surface area contributed by atoms with Gasteiger partial charge in [0.2, 0.25) is 11.8 Å². The molecule has 0 saturated heterocycles. The van der Waals surface area contributed by atoms with Crippen LogP contribution in [0.1, 0.15) is 41.5 Å². The van der Waals surface area contributed by atoms with Gasteiger partial charge in [0.05, 0.1) is 23.5 Å². The predicted octanol–water partition coefficient (Wildman–Crippen LogP) is 4.54. The summed E-state index contributed by atoms with van der Waals surface area (Å²) in [7, 11) is 0. The summed E-state index contributed by atoms with van der Waals surface area (Å²) < 4.78 is 14.1. The van der Waals surface area contributed by atoms with Crippen LogP contribution in [0.2, 0.25) is 5.15 Å². The van der Waals surface area contributed by atoms with Crippen molar-refractivity contribution in [2.45, 2.75) is 26.7 Å². The van der Waals surface area contributed by atoms with Crippen LogP contribution < -0.4 is 10.2 Å². The molecule has 168 valence electrons. The minimum atomic E-state index is -0.743. The average Bonchev–Trinajstić information content (AvgIpc) is 2.83. The monoisotopic (exact) mass is 466 g/mol. The fourth-order valence-corrected chi connectivity index (χ4v) is 4.17. The Morgan fingerprint density at radius 3 is 2.58 bits per heavy atom. The molecule has 1 N–H and O–H groups in total. The topological polar surface area (TPSA) is 92.3 Å². The lowest BCUT2D eigenvalue weighted by molar-refractivity contribution is -0.122. The number of benzene rings is 1. The molecule has 3 aromatic rings. The second kappa shape index (κ2) is 8.71. The summed E-state index contributed by atoms with van der Waals surface area (Å²) >= 11 is 6.44. The molecule has 3 heterocycles. The lowest BCUT2D eigenvalue weighted by atomic mass is 9.98. The molecule has 1 aromatic carbocycles. The highest BCUT2D eigenvalue weighted by Gasteiger charge is 2.35. The zero-order valence-electron chi connectivity index (χ0n) is 18.1. The second-order valence-corrected chi connectivity index (χ2v) is 8.22. The van der Waals surface area contributed by atoms with Crippen molar-refractivity contribution in [2.75, 3.05) is 16.8 Å². The second-order valence-electron chi connectivity index (χ2n) is 7.86. The number of nitrogens with one attached hydrogen (secondary N) is 1. The first-order valence-electron chi connectivity index (χ1n) is 10.2. The Bertz CT molecular complexity index is 1290. The van der Waals surface area contributed by atoms with Crippen LogP contribution in [0.5, 0.6) is 0 Å². The first-order chi connectivity index (χ1) is 15.7. The maximum absolute atomic E-state index is 14.1. The number of carbonyl (C=O) groups excluding carboxylic acids is 3. The van der Waals surface area contributed by atoms with Gasteiger partial charge >= 0.3 is 0 Å². The van der Waals surface area contributed by atoms with Gasteiger partial charge in [-0.3, -0.25) is 19.4 Å². The molecule has 2 amide bonds. The number of carbonyl (C=O) groups is 3. The van der Waals surface area contributed by atoms with E-state index in [1.807, 2.05) is 0 Å². The van der Waals surface area contributed by atoms with Gasteiger partial charge in [0, 0.05) is 28.1 Å². The average molecular weight is 467 g/mol. The van der Waals surface area contributed by atoms with Crippen molar-refractivity contribution in [2.24, 2.45) is 0 Å². The van der Waals surface area contributed by atoms with Gasteiger partial charge in [0.15, 0.2) is 5.78 Å². The summed E-state index contributed by atoms with van der Waals surface area (Å²) in [4.78, 5) is 47.4. The van der Waals surface area contributed by atoms with Crippen molar-refractivity contribution < 1.29 is 18.8 Å². The molecular weight excluding hydrogens is 447 g/mol. The zero-order valence-corrected chi connectivity index (χ0v) is 18.9. The lowest BCUT2D eigenvalue weighted by Gasteiger charge is -2.24. The molecule has 0 spiro atoms. The van der Waals surface area contributed by atoms with E-state index in [0.29, 0.717) is 39.5 Å². The minimum Gasteiger partial charge on any atom is -0.325 e. The number of ketones is 1. The molecule has 1 atom stereocenters. The number of fused-ring (bicyclic) bond motifs is 3. The molecule has 7 nitrogen and oxygen atoms in total. The van der Waals surface area contributed by atoms with Crippen molar-refractivity contribution in [3.05, 3.63) is 70.5 Å². The summed E-state index contributed by atoms with van der Waals surface area (Å²) in [6.07, 6.45) is 1.05. The van der Waals surface area contributed by atoms with E-state index in [9.17, 15) is 18.8 Å². The number of nitrogens with zero attached hydrogens (tertiary/aromatic N) is 3. The standard InChI is InChI=1S/C24H20ClFN4O3/c1-12-8-19-21(23(25)28-12)18-9-16(26)10-27-22(18)13(2)24(33)30(19)11-20(32)29-17-6-4-15(5-7-17)14(3)31/h4-10,13H,11H2,1-3H3,(H,29,32)/t13-/m1/s1. The molecular formula is C24H20ClFN4O3. The number of pyridine rings is 2. The van der Waals surface area contributed by atoms with Gasteiger partial charge in [-0.15, -0.1) is 0 Å². The highest BCUT2D eigenvalue weighted by atomic mass is 35.5. The van der Waals surface area contributed by atoms with Crippen molar-refractivity contribution in [3.8, 4) is 11.1 Å². The molecule has 1 aliphatic rings. The Balaban J connectivity index is 1.72. The van der Waals surface area contributed by atoms with Gasteiger partial charge in [-0.05, 0) is 57.2 Å². The summed E-state index contributed by atoms with van der Waals surface area (Å²) in [5.74, 6) is -2.23. The van der Waals surface area contributed by atoms with E-state index in [1.165, 1.54) is 17.9 Å². The third-order valence-corrected chi connectivity index (χ3v) is 5.72. The maximum Gasteiger partial charge on any atom is 0.244 e. The molecule has 0 radical (unpaired) electrons. The number of hydrogen-bond acceptors (Lipinski definition) is 5. The van der Waals surface area contributed by atoms with E-state index in [-0.39, 0.29) is 23.4 Å². The number of rotatable bonds is 4. The normalized spacial score (nSPS) is 14.9. The molecule has 0 aliphatic carbocycles. The van der Waals surface area contributed by atoms with Gasteiger partial charge in [0.25, 0.3) is 0 Å². The Labute approximate surface area is 194 Å². The van der Waals surface area contributed by atoms with E-state index in [0.717, 1.165) is 6.20 Å². The molecule has 33 heavy (non-hydrogen) atoms. The molecule has 1 aliphatic heterocycles. The van der Waals surface area contributed by atoms with E-state index < -0.39 is 17.6 Å². The van der Waals surface area contributed by atoms with Crippen molar-refractivity contribution in [1.29, 1.82) is 0 Å². The summed E-state index contributed by atoms with van der Waals surface area (Å²) in [5, 5.41) is 2.82. The van der Waals surface area contributed by atoms with Crippen molar-refractivity contribution in [3.63, 3.8) is 0 Å². The molecule has 9 heteroatoms. The molecule has 0 unspecified atom stereocenters. The van der Waals surface area contributed by atoms with Crippen LogP contribution in [0.15, 0.2) is 42.6 Å². The summed E-state index contributed by atoms with van der Waals surface area (Å²) in [6, 6.07) is 9.36.